The maximum atomic E-state index is 13.2. The van der Waals surface area contributed by atoms with Crippen LogP contribution in [0.2, 0.25) is 0 Å². The fourth-order valence-electron chi connectivity index (χ4n) is 3.71. The van der Waals surface area contributed by atoms with Gasteiger partial charge < -0.3 is 14.8 Å². The maximum Gasteiger partial charge on any atom is 0.252 e. The van der Waals surface area contributed by atoms with E-state index in [2.05, 4.69) is 5.32 Å². The molecule has 0 saturated heterocycles. The number of carbonyl (C=O) groups is 1. The molecule has 0 unspecified atom stereocenters. The van der Waals surface area contributed by atoms with Gasteiger partial charge in [0.05, 0.1) is 25.1 Å². The van der Waals surface area contributed by atoms with Crippen molar-refractivity contribution in [2.45, 2.75) is 38.8 Å². The van der Waals surface area contributed by atoms with Crippen LogP contribution in [0.25, 0.3) is 0 Å². The Hall–Kier alpha value is -2.74. The van der Waals surface area contributed by atoms with Crippen molar-refractivity contribution in [3.63, 3.8) is 0 Å². The predicted molar refractivity (Wildman–Crippen MR) is 117 cm³/mol. The third-order valence-electron chi connectivity index (χ3n) is 5.37. The summed E-state index contributed by atoms with van der Waals surface area (Å²) in [7, 11) is -0.372. The first-order chi connectivity index (χ1) is 13.9. The minimum absolute atomic E-state index is 0.271. The molecule has 0 aromatic heterocycles. The van der Waals surface area contributed by atoms with Gasteiger partial charge in [-0.3, -0.25) is 9.10 Å². The van der Waals surface area contributed by atoms with E-state index in [1.807, 2.05) is 32.0 Å². The molecular weight excluding hydrogens is 404 g/mol. The van der Waals surface area contributed by atoms with Crippen LogP contribution in [0, 0.1) is 6.92 Å². The molecule has 162 valence electrons. The number of carbonyl (C=O) groups excluding carboxylic acids is 1. The molecule has 0 saturated carbocycles. The maximum absolute atomic E-state index is 13.2. The summed E-state index contributed by atoms with van der Waals surface area (Å²) in [5.41, 5.74) is 1.90. The average molecular weight is 433 g/mol. The van der Waals surface area contributed by atoms with E-state index in [4.69, 9.17) is 9.47 Å². The summed E-state index contributed by atoms with van der Waals surface area (Å²) >= 11 is 0. The largest absolute Gasteiger partial charge is 0.497 e. The van der Waals surface area contributed by atoms with Crippen LogP contribution in [0.4, 0.5) is 5.69 Å². The smallest absolute Gasteiger partial charge is 0.252 e. The lowest BCUT2D eigenvalue weighted by Gasteiger charge is -2.38. The molecule has 0 bridgehead atoms. The van der Waals surface area contributed by atoms with Gasteiger partial charge in [-0.1, -0.05) is 6.07 Å². The molecule has 1 atom stereocenters. The first-order valence-corrected chi connectivity index (χ1v) is 11.5. The molecule has 0 aliphatic carbocycles. The van der Waals surface area contributed by atoms with Gasteiger partial charge in [-0.05, 0) is 56.7 Å². The van der Waals surface area contributed by atoms with Crippen LogP contribution in [-0.4, -0.2) is 40.3 Å². The van der Waals surface area contributed by atoms with Crippen LogP contribution in [0.5, 0.6) is 11.5 Å². The first kappa shape index (κ1) is 22.0. The van der Waals surface area contributed by atoms with Crippen molar-refractivity contribution in [1.82, 2.24) is 5.32 Å². The summed E-state index contributed by atoms with van der Waals surface area (Å²) in [6.45, 7) is 5.70. The van der Waals surface area contributed by atoms with Crippen LogP contribution in [-0.2, 0) is 10.0 Å². The Morgan fingerprint density at radius 2 is 1.97 bits per heavy atom. The van der Waals surface area contributed by atoms with Gasteiger partial charge in [0, 0.05) is 24.6 Å². The highest BCUT2D eigenvalue weighted by atomic mass is 32.2. The standard InChI is InChI=1S/C22H28N2O5S/c1-14-16(8-7-9-19(14)24(4)30(6,26)27)21(25)23-18-13-22(2,3)29-20-11-10-15(28-5)12-17(18)20/h7-12,18H,13H2,1-6H3,(H,23,25)/t18-/m0/s1. The van der Waals surface area contributed by atoms with Gasteiger partial charge in [-0.2, -0.15) is 0 Å². The van der Waals surface area contributed by atoms with Crippen LogP contribution in [0.15, 0.2) is 36.4 Å². The van der Waals surface area contributed by atoms with Gasteiger partial charge in [0.1, 0.15) is 17.1 Å². The molecule has 8 heteroatoms. The Kier molecular flexibility index (Phi) is 5.73. The van der Waals surface area contributed by atoms with E-state index in [0.29, 0.717) is 34.7 Å². The van der Waals surface area contributed by atoms with Gasteiger partial charge in [0.25, 0.3) is 5.91 Å². The summed E-state index contributed by atoms with van der Waals surface area (Å²) < 4.78 is 36.5. The Morgan fingerprint density at radius 3 is 2.60 bits per heavy atom. The summed E-state index contributed by atoms with van der Waals surface area (Å²) in [5.74, 6) is 1.12. The molecule has 1 N–H and O–H groups in total. The lowest BCUT2D eigenvalue weighted by molar-refractivity contribution is 0.0618. The molecule has 1 aliphatic heterocycles. The third kappa shape index (κ3) is 4.38. The number of hydrogen-bond acceptors (Lipinski definition) is 5. The zero-order valence-electron chi connectivity index (χ0n) is 18.1. The normalized spacial score (nSPS) is 17.5. The van der Waals surface area contributed by atoms with E-state index < -0.39 is 15.6 Å². The lowest BCUT2D eigenvalue weighted by atomic mass is 9.89. The molecule has 1 heterocycles. The van der Waals surface area contributed by atoms with E-state index in [0.717, 1.165) is 11.8 Å². The minimum Gasteiger partial charge on any atom is -0.497 e. The summed E-state index contributed by atoms with van der Waals surface area (Å²) in [5, 5.41) is 3.10. The highest BCUT2D eigenvalue weighted by molar-refractivity contribution is 7.92. The summed E-state index contributed by atoms with van der Waals surface area (Å²) in [6, 6.07) is 10.3. The fraction of sp³-hybridized carbons (Fsp3) is 0.409. The molecule has 2 aromatic rings. The van der Waals surface area contributed by atoms with Crippen molar-refractivity contribution in [2.75, 3.05) is 24.7 Å². The second-order valence-corrected chi connectivity index (χ2v) is 10.2. The fourth-order valence-corrected chi connectivity index (χ4v) is 4.27. The van der Waals surface area contributed by atoms with Crippen LogP contribution in [0.3, 0.4) is 0 Å². The molecule has 7 nitrogen and oxygen atoms in total. The van der Waals surface area contributed by atoms with Crippen molar-refractivity contribution >= 4 is 21.6 Å². The molecule has 0 fully saturated rings. The van der Waals surface area contributed by atoms with Crippen LogP contribution in [0.1, 0.15) is 47.8 Å². The monoisotopic (exact) mass is 432 g/mol. The number of nitrogens with one attached hydrogen (secondary N) is 1. The van der Waals surface area contributed by atoms with Gasteiger partial charge in [0.2, 0.25) is 10.0 Å². The minimum atomic E-state index is -3.44. The number of benzene rings is 2. The number of ether oxygens (including phenoxy) is 2. The zero-order valence-corrected chi connectivity index (χ0v) is 19.0. The van der Waals surface area contributed by atoms with E-state index in [1.165, 1.54) is 11.4 Å². The highest BCUT2D eigenvalue weighted by Crippen LogP contribution is 2.41. The van der Waals surface area contributed by atoms with Crippen LogP contribution >= 0.6 is 0 Å². The second kappa shape index (κ2) is 7.83. The second-order valence-electron chi connectivity index (χ2n) is 8.18. The average Bonchev–Trinajstić information content (AvgIpc) is 2.65. The number of methoxy groups -OCH3 is 1. The molecule has 1 amide bonds. The summed E-state index contributed by atoms with van der Waals surface area (Å²) in [4.78, 5) is 13.2. The zero-order chi connectivity index (χ0) is 22.3. The molecule has 0 spiro atoms. The molecule has 0 radical (unpaired) electrons. The molecule has 1 aliphatic rings. The number of nitrogens with zero attached hydrogens (tertiary/aromatic N) is 1. The van der Waals surface area contributed by atoms with Crippen molar-refractivity contribution < 1.29 is 22.7 Å². The Balaban J connectivity index is 1.95. The van der Waals surface area contributed by atoms with Crippen molar-refractivity contribution in [3.05, 3.63) is 53.1 Å². The van der Waals surface area contributed by atoms with E-state index in [1.54, 1.807) is 32.2 Å². The highest BCUT2D eigenvalue weighted by Gasteiger charge is 2.35. The Morgan fingerprint density at radius 1 is 1.27 bits per heavy atom. The quantitative estimate of drug-likeness (QED) is 0.782. The molecule has 3 rings (SSSR count). The SMILES string of the molecule is COc1ccc2c(c1)[C@@H](NC(=O)c1cccc(N(C)S(C)(=O)=O)c1C)CC(C)(C)O2. The van der Waals surface area contributed by atoms with Crippen molar-refractivity contribution in [2.24, 2.45) is 0 Å². The number of rotatable bonds is 5. The van der Waals surface area contributed by atoms with Gasteiger partial charge >= 0.3 is 0 Å². The van der Waals surface area contributed by atoms with Crippen LogP contribution < -0.4 is 19.1 Å². The van der Waals surface area contributed by atoms with Gasteiger partial charge in [-0.25, -0.2) is 8.42 Å². The topological polar surface area (TPSA) is 84.9 Å². The molecule has 2 aromatic carbocycles. The van der Waals surface area contributed by atoms with Gasteiger partial charge in [-0.15, -0.1) is 0 Å². The number of sulfonamides is 1. The molecular formula is C22H28N2O5S. The Bertz CT molecular complexity index is 1080. The number of amides is 1. The molecule has 30 heavy (non-hydrogen) atoms. The lowest BCUT2D eigenvalue weighted by Crippen LogP contribution is -2.41. The third-order valence-corrected chi connectivity index (χ3v) is 6.56. The number of fused-ring (bicyclic) bond motifs is 1. The van der Waals surface area contributed by atoms with E-state index in [9.17, 15) is 13.2 Å². The van der Waals surface area contributed by atoms with E-state index in [-0.39, 0.29) is 11.9 Å². The number of hydrogen-bond donors (Lipinski definition) is 1. The predicted octanol–water partition coefficient (Wildman–Crippen LogP) is 3.43. The van der Waals surface area contributed by atoms with Crippen molar-refractivity contribution in [1.29, 1.82) is 0 Å². The first-order valence-electron chi connectivity index (χ1n) is 9.64. The van der Waals surface area contributed by atoms with Gasteiger partial charge in [0.15, 0.2) is 0 Å². The summed E-state index contributed by atoms with van der Waals surface area (Å²) in [6.07, 6.45) is 1.72. The number of anilines is 1. The van der Waals surface area contributed by atoms with E-state index >= 15 is 0 Å². The van der Waals surface area contributed by atoms with Crippen molar-refractivity contribution in [3.8, 4) is 11.5 Å². The Labute approximate surface area is 178 Å².